The van der Waals surface area contributed by atoms with Crippen LogP contribution in [0.2, 0.25) is 0 Å². The molecule has 2 atom stereocenters. The number of carbonyl (C=O) groups is 1. The second kappa shape index (κ2) is 8.47. The third-order valence-electron chi connectivity index (χ3n) is 8.40. The summed E-state index contributed by atoms with van der Waals surface area (Å²) in [5.41, 5.74) is 7.41. The summed E-state index contributed by atoms with van der Waals surface area (Å²) in [4.78, 5) is 22.7. The Labute approximate surface area is 208 Å². The van der Waals surface area contributed by atoms with Crippen molar-refractivity contribution in [3.63, 3.8) is 0 Å². The van der Waals surface area contributed by atoms with Gasteiger partial charge in [0, 0.05) is 22.7 Å². The van der Waals surface area contributed by atoms with Gasteiger partial charge in [-0.05, 0) is 85.0 Å². The third-order valence-corrected chi connectivity index (χ3v) is 8.40. The number of methoxy groups -OCH3 is 1. The van der Waals surface area contributed by atoms with Crippen LogP contribution in [0.1, 0.15) is 78.2 Å². The zero-order valence-corrected chi connectivity index (χ0v) is 21.7. The summed E-state index contributed by atoms with van der Waals surface area (Å²) in [5.74, 6) is 1.75. The SMILES string of the molecule is CCc1ccc(NC(=O)c2cc3c(cc2OC)[C@@]2(C)Cc4cnc(C)nc4C(C)(C)C2CC3)cc1. The van der Waals surface area contributed by atoms with Crippen LogP contribution in [0.25, 0.3) is 0 Å². The van der Waals surface area contributed by atoms with Crippen molar-refractivity contribution in [2.24, 2.45) is 5.92 Å². The van der Waals surface area contributed by atoms with E-state index in [1.54, 1.807) is 7.11 Å². The molecule has 1 heterocycles. The molecule has 0 saturated carbocycles. The van der Waals surface area contributed by atoms with Gasteiger partial charge in [-0.25, -0.2) is 9.97 Å². The monoisotopic (exact) mass is 469 g/mol. The van der Waals surface area contributed by atoms with Crippen molar-refractivity contribution in [1.29, 1.82) is 0 Å². The van der Waals surface area contributed by atoms with E-state index in [4.69, 9.17) is 9.72 Å². The fraction of sp³-hybridized carbons (Fsp3) is 0.433. The summed E-state index contributed by atoms with van der Waals surface area (Å²) >= 11 is 0. The third kappa shape index (κ3) is 3.81. The van der Waals surface area contributed by atoms with E-state index in [2.05, 4.69) is 62.3 Å². The number of rotatable bonds is 4. The summed E-state index contributed by atoms with van der Waals surface area (Å²) < 4.78 is 5.78. The van der Waals surface area contributed by atoms with Gasteiger partial charge >= 0.3 is 0 Å². The molecule has 1 unspecified atom stereocenters. The lowest BCUT2D eigenvalue weighted by Gasteiger charge is -2.54. The Morgan fingerprint density at radius 3 is 2.57 bits per heavy atom. The fourth-order valence-electron chi connectivity index (χ4n) is 6.66. The number of benzene rings is 2. The van der Waals surface area contributed by atoms with E-state index in [0.29, 0.717) is 17.2 Å². The van der Waals surface area contributed by atoms with Gasteiger partial charge in [-0.2, -0.15) is 0 Å². The van der Waals surface area contributed by atoms with Gasteiger partial charge in [0.15, 0.2) is 0 Å². The molecule has 0 aliphatic heterocycles. The fourth-order valence-corrected chi connectivity index (χ4v) is 6.66. The molecule has 5 rings (SSSR count). The van der Waals surface area contributed by atoms with Gasteiger partial charge in [0.25, 0.3) is 5.91 Å². The number of anilines is 1. The molecule has 2 aromatic carbocycles. The highest BCUT2D eigenvalue weighted by Crippen LogP contribution is 2.56. The summed E-state index contributed by atoms with van der Waals surface area (Å²) in [7, 11) is 1.65. The smallest absolute Gasteiger partial charge is 0.259 e. The van der Waals surface area contributed by atoms with Crippen molar-refractivity contribution in [2.45, 2.75) is 71.1 Å². The molecule has 2 aliphatic carbocycles. The maximum atomic E-state index is 13.3. The van der Waals surface area contributed by atoms with Gasteiger partial charge in [-0.3, -0.25) is 4.79 Å². The lowest BCUT2D eigenvalue weighted by atomic mass is 9.50. The van der Waals surface area contributed by atoms with Crippen LogP contribution in [-0.2, 0) is 30.1 Å². The average Bonchev–Trinajstić information content (AvgIpc) is 2.84. The molecule has 35 heavy (non-hydrogen) atoms. The van der Waals surface area contributed by atoms with Crippen LogP contribution in [0.5, 0.6) is 5.75 Å². The Morgan fingerprint density at radius 1 is 1.14 bits per heavy atom. The van der Waals surface area contributed by atoms with Gasteiger partial charge in [0.2, 0.25) is 0 Å². The van der Waals surface area contributed by atoms with Gasteiger partial charge in [-0.1, -0.05) is 39.8 Å². The highest BCUT2D eigenvalue weighted by atomic mass is 16.5. The summed E-state index contributed by atoms with van der Waals surface area (Å²) in [5, 5.41) is 3.05. The second-order valence-electron chi connectivity index (χ2n) is 10.9. The van der Waals surface area contributed by atoms with E-state index in [1.165, 1.54) is 27.9 Å². The first-order valence-corrected chi connectivity index (χ1v) is 12.6. The van der Waals surface area contributed by atoms with Crippen molar-refractivity contribution in [1.82, 2.24) is 9.97 Å². The first-order chi connectivity index (χ1) is 16.7. The molecule has 0 saturated heterocycles. The molecule has 1 amide bonds. The van der Waals surface area contributed by atoms with Crippen molar-refractivity contribution in [3.05, 3.63) is 81.9 Å². The summed E-state index contributed by atoms with van der Waals surface area (Å²) in [6, 6.07) is 12.2. The van der Waals surface area contributed by atoms with Crippen molar-refractivity contribution in [2.75, 3.05) is 12.4 Å². The molecule has 3 aromatic rings. The summed E-state index contributed by atoms with van der Waals surface area (Å²) in [6.45, 7) is 11.1. The lowest BCUT2D eigenvalue weighted by Crippen LogP contribution is -2.52. The molecule has 0 radical (unpaired) electrons. The maximum Gasteiger partial charge on any atom is 0.259 e. The minimum absolute atomic E-state index is 0.0678. The molecule has 182 valence electrons. The number of aryl methyl sites for hydroxylation is 3. The lowest BCUT2D eigenvalue weighted by molar-refractivity contribution is 0.102. The van der Waals surface area contributed by atoms with Crippen LogP contribution in [0, 0.1) is 12.8 Å². The van der Waals surface area contributed by atoms with Crippen molar-refractivity contribution in [3.8, 4) is 5.75 Å². The molecule has 5 heteroatoms. The van der Waals surface area contributed by atoms with Gasteiger partial charge in [0.1, 0.15) is 11.6 Å². The highest BCUT2D eigenvalue weighted by molar-refractivity contribution is 6.06. The van der Waals surface area contributed by atoms with Gasteiger partial charge < -0.3 is 10.1 Å². The first-order valence-electron chi connectivity index (χ1n) is 12.6. The quantitative estimate of drug-likeness (QED) is 0.512. The Hall–Kier alpha value is -3.21. The molecule has 0 bridgehead atoms. The van der Waals surface area contributed by atoms with Crippen molar-refractivity contribution < 1.29 is 9.53 Å². The number of hydrogen-bond donors (Lipinski definition) is 1. The van der Waals surface area contributed by atoms with Crippen molar-refractivity contribution >= 4 is 11.6 Å². The number of nitrogens with one attached hydrogen (secondary N) is 1. The number of aromatic nitrogens is 2. The molecule has 0 spiro atoms. The van der Waals surface area contributed by atoms with E-state index in [0.717, 1.165) is 37.2 Å². The van der Waals surface area contributed by atoms with Crippen LogP contribution in [-0.4, -0.2) is 23.0 Å². The van der Waals surface area contributed by atoms with Gasteiger partial charge in [0.05, 0.1) is 18.4 Å². The van der Waals surface area contributed by atoms with Crippen LogP contribution in [0.4, 0.5) is 5.69 Å². The number of nitrogens with zero attached hydrogens (tertiary/aromatic N) is 2. The van der Waals surface area contributed by atoms with Crippen LogP contribution in [0.3, 0.4) is 0 Å². The highest BCUT2D eigenvalue weighted by Gasteiger charge is 2.53. The Bertz CT molecular complexity index is 1300. The Kier molecular flexibility index (Phi) is 5.70. The van der Waals surface area contributed by atoms with E-state index < -0.39 is 0 Å². The molecular weight excluding hydrogens is 434 g/mol. The summed E-state index contributed by atoms with van der Waals surface area (Å²) in [6.07, 6.45) is 5.87. The van der Waals surface area contributed by atoms with E-state index in [-0.39, 0.29) is 16.7 Å². The van der Waals surface area contributed by atoms with E-state index in [9.17, 15) is 4.79 Å². The van der Waals surface area contributed by atoms with Gasteiger partial charge in [-0.15, -0.1) is 0 Å². The Balaban J connectivity index is 1.54. The number of hydrogen-bond acceptors (Lipinski definition) is 4. The number of fused-ring (bicyclic) bond motifs is 4. The molecule has 5 nitrogen and oxygen atoms in total. The predicted octanol–water partition coefficient (Wildman–Crippen LogP) is 5.96. The molecule has 2 aliphatic rings. The predicted molar refractivity (Wildman–Crippen MR) is 139 cm³/mol. The first kappa shape index (κ1) is 23.5. The normalized spacial score (nSPS) is 21.9. The Morgan fingerprint density at radius 2 is 1.89 bits per heavy atom. The molecule has 1 aromatic heterocycles. The zero-order valence-electron chi connectivity index (χ0n) is 21.7. The van der Waals surface area contributed by atoms with Crippen LogP contribution >= 0.6 is 0 Å². The standard InChI is InChI=1S/C30H35N3O2/c1-7-19-8-11-22(12-9-19)33-28(34)23-14-20-10-13-26-29(3,4)27-21(17-31-18(2)32-27)16-30(26,5)24(20)15-25(23)35-6/h8-9,11-12,14-15,17,26H,7,10,13,16H2,1-6H3,(H,33,34)/t26?,30-/m1/s1. The average molecular weight is 470 g/mol. The molecular formula is C30H35N3O2. The number of carbonyl (C=O) groups excluding carboxylic acids is 1. The minimum Gasteiger partial charge on any atom is -0.496 e. The zero-order chi connectivity index (χ0) is 25.0. The largest absolute Gasteiger partial charge is 0.496 e. The van der Waals surface area contributed by atoms with E-state index >= 15 is 0 Å². The second-order valence-corrected chi connectivity index (χ2v) is 10.9. The molecule has 1 N–H and O–H groups in total. The topological polar surface area (TPSA) is 64.1 Å². The number of ether oxygens (including phenoxy) is 1. The van der Waals surface area contributed by atoms with E-state index in [1.807, 2.05) is 25.3 Å². The molecule has 0 fully saturated rings. The number of amides is 1. The van der Waals surface area contributed by atoms with Crippen LogP contribution in [0.15, 0.2) is 42.6 Å². The minimum atomic E-state index is -0.139. The maximum absolute atomic E-state index is 13.3. The van der Waals surface area contributed by atoms with Crippen LogP contribution < -0.4 is 10.1 Å².